The molecule has 1 atom stereocenters. The van der Waals surface area contributed by atoms with E-state index in [2.05, 4.69) is 10.2 Å². The van der Waals surface area contributed by atoms with E-state index in [9.17, 15) is 18.8 Å². The van der Waals surface area contributed by atoms with Gasteiger partial charge in [-0.1, -0.05) is 18.9 Å². The maximum Gasteiger partial charge on any atom is 0.227 e. The van der Waals surface area contributed by atoms with E-state index in [1.54, 1.807) is 19.1 Å². The minimum atomic E-state index is -0.468. The van der Waals surface area contributed by atoms with Crippen LogP contribution in [-0.2, 0) is 14.4 Å². The first-order valence-corrected chi connectivity index (χ1v) is 11.8. The van der Waals surface area contributed by atoms with Crippen molar-refractivity contribution in [2.75, 3.05) is 50.7 Å². The van der Waals surface area contributed by atoms with Crippen LogP contribution in [0.4, 0.5) is 10.1 Å². The standard InChI is InChI=1S/C24H33FN4O3/c1-17-6-7-21(20(25)14-17)29-16-19(15-22(29)30)23(31)26-8-9-27-10-12-28(13-11-27)24(32)18-4-2-3-5-18/h6-7,14,18-19H,2-5,8-13,15-16H2,1H3,(H,26,31). The van der Waals surface area contributed by atoms with Gasteiger partial charge in [-0.05, 0) is 37.5 Å². The van der Waals surface area contributed by atoms with Crippen molar-refractivity contribution in [3.63, 3.8) is 0 Å². The summed E-state index contributed by atoms with van der Waals surface area (Å²) < 4.78 is 14.3. The van der Waals surface area contributed by atoms with Crippen molar-refractivity contribution in [2.24, 2.45) is 11.8 Å². The zero-order valence-corrected chi connectivity index (χ0v) is 18.8. The van der Waals surface area contributed by atoms with Gasteiger partial charge in [0.25, 0.3) is 0 Å². The lowest BCUT2D eigenvalue weighted by Gasteiger charge is -2.36. The number of piperazine rings is 1. The fourth-order valence-corrected chi connectivity index (χ4v) is 5.05. The van der Waals surface area contributed by atoms with Crippen LogP contribution >= 0.6 is 0 Å². The van der Waals surface area contributed by atoms with E-state index in [0.29, 0.717) is 19.0 Å². The van der Waals surface area contributed by atoms with Gasteiger partial charge in [-0.25, -0.2) is 4.39 Å². The summed E-state index contributed by atoms with van der Waals surface area (Å²) in [5.74, 6) is -0.757. The van der Waals surface area contributed by atoms with E-state index < -0.39 is 11.7 Å². The highest BCUT2D eigenvalue weighted by molar-refractivity contribution is 6.00. The van der Waals surface area contributed by atoms with Gasteiger partial charge in [-0.3, -0.25) is 19.3 Å². The largest absolute Gasteiger partial charge is 0.355 e. The molecule has 174 valence electrons. The van der Waals surface area contributed by atoms with Crippen molar-refractivity contribution in [2.45, 2.75) is 39.0 Å². The predicted molar refractivity (Wildman–Crippen MR) is 120 cm³/mol. The van der Waals surface area contributed by atoms with Gasteiger partial charge in [-0.15, -0.1) is 0 Å². The highest BCUT2D eigenvalue weighted by Gasteiger charge is 2.36. The van der Waals surface area contributed by atoms with E-state index in [-0.39, 0.29) is 36.4 Å². The van der Waals surface area contributed by atoms with Crippen LogP contribution in [0.3, 0.4) is 0 Å². The summed E-state index contributed by atoms with van der Waals surface area (Å²) in [6.07, 6.45) is 4.49. The lowest BCUT2D eigenvalue weighted by atomic mass is 10.1. The average Bonchev–Trinajstić information content (AvgIpc) is 3.44. The van der Waals surface area contributed by atoms with Crippen LogP contribution < -0.4 is 10.2 Å². The summed E-state index contributed by atoms with van der Waals surface area (Å²) in [7, 11) is 0. The molecule has 3 aliphatic rings. The monoisotopic (exact) mass is 444 g/mol. The van der Waals surface area contributed by atoms with E-state index in [0.717, 1.165) is 44.6 Å². The average molecular weight is 445 g/mol. The van der Waals surface area contributed by atoms with Crippen LogP contribution in [0.25, 0.3) is 0 Å². The first-order chi connectivity index (χ1) is 15.4. The topological polar surface area (TPSA) is 73.0 Å². The summed E-state index contributed by atoms with van der Waals surface area (Å²) in [5.41, 5.74) is 1.02. The van der Waals surface area contributed by atoms with Crippen molar-refractivity contribution in [1.82, 2.24) is 15.1 Å². The Morgan fingerprint density at radius 3 is 2.50 bits per heavy atom. The summed E-state index contributed by atoms with van der Waals surface area (Å²) in [6.45, 7) is 6.34. The van der Waals surface area contributed by atoms with Gasteiger partial charge in [-0.2, -0.15) is 0 Å². The van der Waals surface area contributed by atoms with Crippen molar-refractivity contribution >= 4 is 23.4 Å². The number of hydrogen-bond donors (Lipinski definition) is 1. The summed E-state index contributed by atoms with van der Waals surface area (Å²) in [6, 6.07) is 4.76. The molecule has 8 heteroatoms. The summed E-state index contributed by atoms with van der Waals surface area (Å²) in [5, 5.41) is 2.93. The lowest BCUT2D eigenvalue weighted by molar-refractivity contribution is -0.137. The second-order valence-corrected chi connectivity index (χ2v) is 9.30. The number of nitrogens with one attached hydrogen (secondary N) is 1. The van der Waals surface area contributed by atoms with Gasteiger partial charge >= 0.3 is 0 Å². The van der Waals surface area contributed by atoms with Crippen molar-refractivity contribution in [3.8, 4) is 0 Å². The second-order valence-electron chi connectivity index (χ2n) is 9.30. The summed E-state index contributed by atoms with van der Waals surface area (Å²) >= 11 is 0. The van der Waals surface area contributed by atoms with Crippen LogP contribution in [-0.4, -0.2) is 73.3 Å². The van der Waals surface area contributed by atoms with E-state index >= 15 is 0 Å². The molecule has 1 unspecified atom stereocenters. The van der Waals surface area contributed by atoms with Crippen molar-refractivity contribution < 1.29 is 18.8 Å². The number of rotatable bonds is 6. The summed E-state index contributed by atoms with van der Waals surface area (Å²) in [4.78, 5) is 43.1. The molecule has 4 rings (SSSR count). The first kappa shape index (κ1) is 22.7. The molecule has 2 aliphatic heterocycles. The zero-order valence-electron chi connectivity index (χ0n) is 18.8. The molecule has 3 fully saturated rings. The Labute approximate surface area is 188 Å². The molecule has 0 aromatic heterocycles. The maximum absolute atomic E-state index is 14.3. The number of amides is 3. The molecule has 0 radical (unpaired) electrons. The minimum Gasteiger partial charge on any atom is -0.355 e. The molecule has 0 bridgehead atoms. The van der Waals surface area contributed by atoms with Gasteiger partial charge < -0.3 is 15.1 Å². The van der Waals surface area contributed by atoms with Crippen LogP contribution in [0.15, 0.2) is 18.2 Å². The molecule has 1 saturated carbocycles. The van der Waals surface area contributed by atoms with E-state index in [1.807, 2.05) is 4.90 Å². The van der Waals surface area contributed by atoms with Crippen molar-refractivity contribution in [1.29, 1.82) is 0 Å². The molecule has 32 heavy (non-hydrogen) atoms. The Hall–Kier alpha value is -2.48. The number of anilines is 1. The fraction of sp³-hybridized carbons (Fsp3) is 0.625. The van der Waals surface area contributed by atoms with E-state index in [4.69, 9.17) is 0 Å². The fourth-order valence-electron chi connectivity index (χ4n) is 5.05. The lowest BCUT2D eigenvalue weighted by Crippen LogP contribution is -2.51. The highest BCUT2D eigenvalue weighted by atomic mass is 19.1. The number of hydrogen-bond acceptors (Lipinski definition) is 4. The third-order valence-electron chi connectivity index (χ3n) is 7.01. The normalized spacial score (nSPS) is 22.6. The molecular formula is C24H33FN4O3. The molecule has 1 aromatic rings. The third kappa shape index (κ3) is 5.11. The SMILES string of the molecule is Cc1ccc(N2CC(C(=O)NCCN3CCN(C(=O)C4CCCC4)CC3)CC2=O)c(F)c1. The highest BCUT2D eigenvalue weighted by Crippen LogP contribution is 2.28. The Kier molecular flexibility index (Phi) is 7.08. The molecule has 1 N–H and O–H groups in total. The van der Waals surface area contributed by atoms with E-state index in [1.165, 1.54) is 23.8 Å². The van der Waals surface area contributed by atoms with Gasteiger partial charge in [0.1, 0.15) is 5.82 Å². The Morgan fingerprint density at radius 2 is 1.81 bits per heavy atom. The third-order valence-corrected chi connectivity index (χ3v) is 7.01. The van der Waals surface area contributed by atoms with Gasteiger partial charge in [0.15, 0.2) is 0 Å². The number of halogens is 1. The van der Waals surface area contributed by atoms with Crippen LogP contribution in [0.5, 0.6) is 0 Å². The quantitative estimate of drug-likeness (QED) is 0.728. The zero-order chi connectivity index (χ0) is 22.7. The molecule has 2 heterocycles. The Bertz CT molecular complexity index is 863. The number of aryl methyl sites for hydroxylation is 1. The number of carbonyl (C=O) groups is 3. The first-order valence-electron chi connectivity index (χ1n) is 11.8. The van der Waals surface area contributed by atoms with Crippen LogP contribution in [0.2, 0.25) is 0 Å². The molecule has 0 spiro atoms. The van der Waals surface area contributed by atoms with Crippen LogP contribution in [0.1, 0.15) is 37.7 Å². The smallest absolute Gasteiger partial charge is 0.227 e. The Balaban J connectivity index is 1.19. The predicted octanol–water partition coefficient (Wildman–Crippen LogP) is 1.94. The number of benzene rings is 1. The number of carbonyl (C=O) groups excluding carboxylic acids is 3. The minimum absolute atomic E-state index is 0.0983. The molecule has 1 aliphatic carbocycles. The van der Waals surface area contributed by atoms with Gasteiger partial charge in [0.05, 0.1) is 11.6 Å². The molecule has 1 aromatic carbocycles. The van der Waals surface area contributed by atoms with Gasteiger partial charge in [0.2, 0.25) is 17.7 Å². The molecular weight excluding hydrogens is 411 g/mol. The van der Waals surface area contributed by atoms with Gasteiger partial charge in [0, 0.05) is 58.2 Å². The second kappa shape index (κ2) is 9.98. The molecule has 7 nitrogen and oxygen atoms in total. The van der Waals surface area contributed by atoms with Crippen LogP contribution in [0, 0.1) is 24.6 Å². The number of nitrogens with zero attached hydrogens (tertiary/aromatic N) is 3. The molecule has 3 amide bonds. The Morgan fingerprint density at radius 1 is 1.09 bits per heavy atom. The molecule has 2 saturated heterocycles. The van der Waals surface area contributed by atoms with Crippen molar-refractivity contribution in [3.05, 3.63) is 29.6 Å². The maximum atomic E-state index is 14.3.